The van der Waals surface area contributed by atoms with Gasteiger partial charge in [-0.15, -0.1) is 0 Å². The number of nitro groups is 1. The number of benzene rings is 2. The van der Waals surface area contributed by atoms with Crippen molar-refractivity contribution in [1.29, 1.82) is 0 Å². The van der Waals surface area contributed by atoms with Gasteiger partial charge in [-0.3, -0.25) is 10.1 Å². The molecule has 0 N–H and O–H groups in total. The van der Waals surface area contributed by atoms with Crippen molar-refractivity contribution in [2.24, 2.45) is 0 Å². The molecule has 3 aromatic rings. The van der Waals surface area contributed by atoms with Gasteiger partial charge in [0.1, 0.15) is 12.4 Å². The highest BCUT2D eigenvalue weighted by Gasteiger charge is 2.21. The van der Waals surface area contributed by atoms with Gasteiger partial charge in [-0.1, -0.05) is 47.1 Å². The van der Waals surface area contributed by atoms with Crippen LogP contribution in [0.5, 0.6) is 5.75 Å². The van der Waals surface area contributed by atoms with E-state index >= 15 is 0 Å². The summed E-state index contributed by atoms with van der Waals surface area (Å²) in [6, 6.07) is 13.0. The van der Waals surface area contributed by atoms with Gasteiger partial charge in [0.2, 0.25) is 5.76 Å². The standard InChI is InChI=1S/C19H14BrClN2O4/c1-12-19(23(24)25)18(27-22-12)9-7-13-6-8-17(15(20)10-13)26-11-14-4-2-3-5-16(14)21/h2-10H,11H2,1H3/b9-7-. The van der Waals surface area contributed by atoms with Crippen LogP contribution < -0.4 is 4.74 Å². The molecule has 0 atom stereocenters. The second-order valence-corrected chi connectivity index (χ2v) is 6.90. The summed E-state index contributed by atoms with van der Waals surface area (Å²) in [6.07, 6.45) is 3.22. The predicted molar refractivity (Wildman–Crippen MR) is 107 cm³/mol. The van der Waals surface area contributed by atoms with Crippen molar-refractivity contribution < 1.29 is 14.2 Å². The van der Waals surface area contributed by atoms with Gasteiger partial charge in [0.15, 0.2) is 5.69 Å². The van der Waals surface area contributed by atoms with Crippen LogP contribution >= 0.6 is 27.5 Å². The van der Waals surface area contributed by atoms with Crippen LogP contribution in [0.25, 0.3) is 12.2 Å². The third-order valence-electron chi connectivity index (χ3n) is 3.76. The van der Waals surface area contributed by atoms with Gasteiger partial charge in [-0.05, 0) is 52.7 Å². The lowest BCUT2D eigenvalue weighted by Crippen LogP contribution is -1.96. The van der Waals surface area contributed by atoms with E-state index in [9.17, 15) is 10.1 Å². The molecule has 0 aliphatic heterocycles. The van der Waals surface area contributed by atoms with Crippen molar-refractivity contribution in [1.82, 2.24) is 5.16 Å². The van der Waals surface area contributed by atoms with Crippen LogP contribution in [0.15, 0.2) is 51.5 Å². The van der Waals surface area contributed by atoms with Crippen molar-refractivity contribution in [3.8, 4) is 5.75 Å². The van der Waals surface area contributed by atoms with Crippen LogP contribution in [0.2, 0.25) is 5.02 Å². The molecule has 1 heterocycles. The van der Waals surface area contributed by atoms with E-state index in [1.54, 1.807) is 12.1 Å². The Labute approximate surface area is 168 Å². The molecule has 6 nitrogen and oxygen atoms in total. The lowest BCUT2D eigenvalue weighted by Gasteiger charge is -2.10. The summed E-state index contributed by atoms with van der Waals surface area (Å²) in [5.41, 5.74) is 1.81. The topological polar surface area (TPSA) is 78.4 Å². The highest BCUT2D eigenvalue weighted by Crippen LogP contribution is 2.29. The molecule has 0 bridgehead atoms. The molecule has 1 aromatic heterocycles. The summed E-state index contributed by atoms with van der Waals surface area (Å²) in [5.74, 6) is 0.765. The fourth-order valence-corrected chi connectivity index (χ4v) is 3.10. The van der Waals surface area contributed by atoms with Crippen molar-refractivity contribution in [3.05, 3.63) is 84.7 Å². The zero-order chi connectivity index (χ0) is 19.4. The summed E-state index contributed by atoms with van der Waals surface area (Å²) in [4.78, 5) is 10.6. The van der Waals surface area contributed by atoms with Gasteiger partial charge in [0.05, 0.1) is 9.40 Å². The van der Waals surface area contributed by atoms with Crippen LogP contribution in [0.1, 0.15) is 22.6 Å². The molecule has 138 valence electrons. The van der Waals surface area contributed by atoms with Gasteiger partial charge in [0.25, 0.3) is 0 Å². The first kappa shape index (κ1) is 19.1. The quantitative estimate of drug-likeness (QED) is 0.338. The van der Waals surface area contributed by atoms with E-state index < -0.39 is 4.92 Å². The molecule has 0 spiro atoms. The zero-order valence-corrected chi connectivity index (χ0v) is 16.5. The van der Waals surface area contributed by atoms with Crippen molar-refractivity contribution >= 4 is 45.4 Å². The number of rotatable bonds is 6. The molecule has 0 aliphatic rings. The summed E-state index contributed by atoms with van der Waals surface area (Å²) in [6.45, 7) is 1.87. The molecule has 0 amide bonds. The van der Waals surface area contributed by atoms with Crippen molar-refractivity contribution in [3.63, 3.8) is 0 Å². The molecular weight excluding hydrogens is 436 g/mol. The molecule has 0 saturated carbocycles. The minimum Gasteiger partial charge on any atom is -0.488 e. The van der Waals surface area contributed by atoms with Gasteiger partial charge in [-0.2, -0.15) is 0 Å². The maximum atomic E-state index is 11.1. The molecule has 0 radical (unpaired) electrons. The maximum Gasteiger partial charge on any atom is 0.338 e. The lowest BCUT2D eigenvalue weighted by molar-refractivity contribution is -0.386. The molecule has 0 saturated heterocycles. The Morgan fingerprint density at radius 3 is 2.78 bits per heavy atom. The van der Waals surface area contributed by atoms with Gasteiger partial charge in [-0.25, -0.2) is 0 Å². The van der Waals surface area contributed by atoms with E-state index in [1.807, 2.05) is 36.4 Å². The molecule has 0 fully saturated rings. The van der Waals surface area contributed by atoms with E-state index in [-0.39, 0.29) is 17.1 Å². The molecule has 0 aliphatic carbocycles. The minimum absolute atomic E-state index is 0.104. The second-order valence-electron chi connectivity index (χ2n) is 5.64. The number of halogens is 2. The van der Waals surface area contributed by atoms with E-state index in [4.69, 9.17) is 20.9 Å². The van der Waals surface area contributed by atoms with E-state index in [0.29, 0.717) is 17.4 Å². The maximum absolute atomic E-state index is 11.1. The fourth-order valence-electron chi connectivity index (χ4n) is 2.39. The Balaban J connectivity index is 1.73. The normalized spacial score (nSPS) is 11.1. The highest BCUT2D eigenvalue weighted by molar-refractivity contribution is 9.10. The monoisotopic (exact) mass is 448 g/mol. The Morgan fingerprint density at radius 2 is 2.07 bits per heavy atom. The van der Waals surface area contributed by atoms with Gasteiger partial charge < -0.3 is 9.26 Å². The summed E-state index contributed by atoms with van der Waals surface area (Å²) in [5, 5.41) is 15.3. The number of nitrogens with zero attached hydrogens (tertiary/aromatic N) is 2. The van der Waals surface area contributed by atoms with Crippen molar-refractivity contribution in [2.45, 2.75) is 13.5 Å². The lowest BCUT2D eigenvalue weighted by atomic mass is 10.2. The Hall–Kier alpha value is -2.64. The molecule has 3 rings (SSSR count). The summed E-state index contributed by atoms with van der Waals surface area (Å²) >= 11 is 9.60. The van der Waals surface area contributed by atoms with Crippen LogP contribution in [-0.2, 0) is 6.61 Å². The minimum atomic E-state index is -0.507. The van der Waals surface area contributed by atoms with Crippen LogP contribution in [0.3, 0.4) is 0 Å². The molecule has 2 aromatic carbocycles. The third-order valence-corrected chi connectivity index (χ3v) is 4.75. The molecule has 27 heavy (non-hydrogen) atoms. The summed E-state index contributed by atoms with van der Waals surface area (Å²) in [7, 11) is 0. The molecular formula is C19H14BrClN2O4. The van der Waals surface area contributed by atoms with Gasteiger partial charge in [0, 0.05) is 10.6 Å². The molecule has 0 unspecified atom stereocenters. The predicted octanol–water partition coefficient (Wildman–Crippen LogP) is 6.06. The molecule has 8 heteroatoms. The number of aromatic nitrogens is 1. The zero-order valence-electron chi connectivity index (χ0n) is 14.2. The van der Waals surface area contributed by atoms with E-state index in [2.05, 4.69) is 21.1 Å². The second kappa shape index (κ2) is 8.37. The third kappa shape index (κ3) is 4.56. The SMILES string of the molecule is Cc1noc(/C=C\c2ccc(OCc3ccccc3Cl)c(Br)c2)c1[N+](=O)[O-]. The number of hydrogen-bond acceptors (Lipinski definition) is 5. The number of ether oxygens (including phenoxy) is 1. The van der Waals surface area contributed by atoms with Crippen LogP contribution in [-0.4, -0.2) is 10.1 Å². The smallest absolute Gasteiger partial charge is 0.338 e. The Bertz CT molecular complexity index is 1020. The first-order valence-corrected chi connectivity index (χ1v) is 9.07. The van der Waals surface area contributed by atoms with E-state index in [0.717, 1.165) is 15.6 Å². The van der Waals surface area contributed by atoms with Crippen molar-refractivity contribution in [2.75, 3.05) is 0 Å². The largest absolute Gasteiger partial charge is 0.488 e. The van der Waals surface area contributed by atoms with Gasteiger partial charge >= 0.3 is 5.69 Å². The van der Waals surface area contributed by atoms with E-state index in [1.165, 1.54) is 13.0 Å². The van der Waals surface area contributed by atoms with Crippen LogP contribution in [0.4, 0.5) is 5.69 Å². The average molecular weight is 450 g/mol. The van der Waals surface area contributed by atoms with Crippen LogP contribution in [0, 0.1) is 17.0 Å². The Kier molecular flexibility index (Phi) is 5.93. The first-order chi connectivity index (χ1) is 13.0. The average Bonchev–Trinajstić information content (AvgIpc) is 3.01. The Morgan fingerprint density at radius 1 is 1.30 bits per heavy atom. The number of hydrogen-bond donors (Lipinski definition) is 0. The number of aryl methyl sites for hydroxylation is 1. The fraction of sp³-hybridized carbons (Fsp3) is 0.105. The highest BCUT2D eigenvalue weighted by atomic mass is 79.9. The first-order valence-electron chi connectivity index (χ1n) is 7.90. The summed E-state index contributed by atoms with van der Waals surface area (Å²) < 4.78 is 11.6.